The third-order valence-electron chi connectivity index (χ3n) is 5.08. The number of ether oxygens (including phenoxy) is 2. The Bertz CT molecular complexity index is 977. The van der Waals surface area contributed by atoms with Gasteiger partial charge < -0.3 is 14.4 Å². The molecule has 0 atom stereocenters. The molecule has 0 amide bonds. The topological polar surface area (TPSA) is 55.8 Å². The summed E-state index contributed by atoms with van der Waals surface area (Å²) in [4.78, 5) is 27.6. The molecule has 0 aliphatic carbocycles. The van der Waals surface area contributed by atoms with E-state index in [9.17, 15) is 14.0 Å². The predicted molar refractivity (Wildman–Crippen MR) is 115 cm³/mol. The van der Waals surface area contributed by atoms with Gasteiger partial charge in [0.15, 0.2) is 0 Å². The van der Waals surface area contributed by atoms with Crippen LogP contribution in [0.25, 0.3) is 0 Å². The zero-order valence-electron chi connectivity index (χ0n) is 17.9. The molecular formula is C25H26FNO4. The average molecular weight is 423 g/mol. The summed E-state index contributed by atoms with van der Waals surface area (Å²) >= 11 is 0. The van der Waals surface area contributed by atoms with Gasteiger partial charge in [-0.05, 0) is 43.5 Å². The number of hydrogen-bond acceptors (Lipinski definition) is 5. The van der Waals surface area contributed by atoms with Crippen LogP contribution in [-0.2, 0) is 25.6 Å². The molecule has 0 radical (unpaired) electrons. The van der Waals surface area contributed by atoms with Crippen molar-refractivity contribution in [1.82, 2.24) is 4.90 Å². The molecule has 0 spiro atoms. The third kappa shape index (κ3) is 5.02. The normalized spacial score (nSPS) is 14.0. The van der Waals surface area contributed by atoms with Crippen molar-refractivity contribution in [2.75, 3.05) is 13.2 Å². The van der Waals surface area contributed by atoms with Crippen LogP contribution in [-0.4, -0.2) is 30.1 Å². The van der Waals surface area contributed by atoms with Crippen molar-refractivity contribution in [2.24, 2.45) is 0 Å². The Labute approximate surface area is 181 Å². The lowest BCUT2D eigenvalue weighted by Gasteiger charge is -2.31. The first-order chi connectivity index (χ1) is 15.0. The average Bonchev–Trinajstić information content (AvgIpc) is 2.76. The summed E-state index contributed by atoms with van der Waals surface area (Å²) < 4.78 is 24.9. The van der Waals surface area contributed by atoms with Gasteiger partial charge in [0, 0.05) is 18.9 Å². The van der Waals surface area contributed by atoms with E-state index in [1.165, 1.54) is 6.07 Å². The van der Waals surface area contributed by atoms with E-state index in [0.29, 0.717) is 17.7 Å². The van der Waals surface area contributed by atoms with Crippen LogP contribution in [0.1, 0.15) is 36.5 Å². The third-order valence-corrected chi connectivity index (χ3v) is 5.08. The molecule has 3 rings (SSSR count). The van der Waals surface area contributed by atoms with E-state index in [1.54, 1.807) is 50.2 Å². The second-order valence-corrected chi connectivity index (χ2v) is 7.15. The lowest BCUT2D eigenvalue weighted by Crippen LogP contribution is -2.29. The maximum Gasteiger partial charge on any atom is 0.336 e. The molecule has 31 heavy (non-hydrogen) atoms. The monoisotopic (exact) mass is 423 g/mol. The number of esters is 2. The van der Waals surface area contributed by atoms with Crippen molar-refractivity contribution < 1.29 is 23.5 Å². The van der Waals surface area contributed by atoms with Crippen molar-refractivity contribution in [3.8, 4) is 0 Å². The van der Waals surface area contributed by atoms with Crippen molar-refractivity contribution in [1.29, 1.82) is 0 Å². The summed E-state index contributed by atoms with van der Waals surface area (Å²) in [6.45, 7) is 5.87. The smallest absolute Gasteiger partial charge is 0.336 e. The van der Waals surface area contributed by atoms with Crippen LogP contribution < -0.4 is 0 Å². The number of nitrogens with zero attached hydrogens (tertiary/aromatic N) is 1. The summed E-state index contributed by atoms with van der Waals surface area (Å²) in [6, 6.07) is 14.3. The molecule has 2 aromatic carbocycles. The molecule has 0 saturated heterocycles. The van der Waals surface area contributed by atoms with Gasteiger partial charge in [-0.2, -0.15) is 0 Å². The summed E-state index contributed by atoms with van der Waals surface area (Å²) in [6.07, 6.45) is 3.34. The fraction of sp³-hybridized carbons (Fsp3) is 0.280. The number of carbonyl (C=O) groups excluding carboxylic acids is 2. The molecule has 0 unspecified atom stereocenters. The first kappa shape index (κ1) is 22.3. The van der Waals surface area contributed by atoms with E-state index >= 15 is 0 Å². The number of hydrogen-bond donors (Lipinski definition) is 0. The Morgan fingerprint density at radius 3 is 2.03 bits per heavy atom. The molecule has 6 heteroatoms. The molecule has 5 nitrogen and oxygen atoms in total. The number of carbonyl (C=O) groups is 2. The Kier molecular flexibility index (Phi) is 7.23. The largest absolute Gasteiger partial charge is 0.463 e. The Hall–Kier alpha value is -3.41. The molecule has 0 fully saturated rings. The quantitative estimate of drug-likeness (QED) is 0.608. The van der Waals surface area contributed by atoms with Gasteiger partial charge in [-0.25, -0.2) is 14.0 Å². The number of benzene rings is 2. The van der Waals surface area contributed by atoms with Crippen LogP contribution >= 0.6 is 0 Å². The zero-order chi connectivity index (χ0) is 22.4. The lowest BCUT2D eigenvalue weighted by molar-refractivity contribution is -0.139. The van der Waals surface area contributed by atoms with Crippen LogP contribution in [0.15, 0.2) is 72.1 Å². The predicted octanol–water partition coefficient (Wildman–Crippen LogP) is 4.63. The van der Waals surface area contributed by atoms with Gasteiger partial charge in [0.2, 0.25) is 0 Å². The molecule has 1 heterocycles. The first-order valence-corrected chi connectivity index (χ1v) is 10.3. The van der Waals surface area contributed by atoms with E-state index in [4.69, 9.17) is 9.47 Å². The fourth-order valence-corrected chi connectivity index (χ4v) is 3.64. The van der Waals surface area contributed by atoms with Crippen LogP contribution in [0.3, 0.4) is 0 Å². The summed E-state index contributed by atoms with van der Waals surface area (Å²) in [5.41, 5.74) is 2.42. The van der Waals surface area contributed by atoms with E-state index in [-0.39, 0.29) is 24.4 Å². The minimum atomic E-state index is -0.791. The number of rotatable bonds is 7. The molecule has 0 aromatic heterocycles. The van der Waals surface area contributed by atoms with Gasteiger partial charge in [-0.3, -0.25) is 0 Å². The van der Waals surface area contributed by atoms with Crippen molar-refractivity contribution in [3.05, 3.63) is 94.6 Å². The minimum Gasteiger partial charge on any atom is -0.463 e. The first-order valence-electron chi connectivity index (χ1n) is 10.3. The standard InChI is InChI=1S/C25H26FNO4/c1-4-30-24(28)20-15-27(14-18-10-7-6-8-11-18)16-21(25(29)31-5-2)23(20)19-12-9-13-22(26)17(19)3/h6-13,15-16,23H,4-5,14H2,1-3H3. The van der Waals surface area contributed by atoms with E-state index in [1.807, 2.05) is 30.3 Å². The summed E-state index contributed by atoms with van der Waals surface area (Å²) in [7, 11) is 0. The van der Waals surface area contributed by atoms with Gasteiger partial charge in [-0.15, -0.1) is 0 Å². The van der Waals surface area contributed by atoms with E-state index in [0.717, 1.165) is 5.56 Å². The molecule has 162 valence electrons. The maximum absolute atomic E-state index is 14.4. The van der Waals surface area contributed by atoms with E-state index in [2.05, 4.69) is 0 Å². The highest BCUT2D eigenvalue weighted by Gasteiger charge is 2.36. The molecule has 1 aliphatic rings. The van der Waals surface area contributed by atoms with Crippen LogP contribution in [0.4, 0.5) is 4.39 Å². The highest BCUT2D eigenvalue weighted by Crippen LogP contribution is 2.39. The van der Waals surface area contributed by atoms with Gasteiger partial charge in [0.1, 0.15) is 5.82 Å². The van der Waals surface area contributed by atoms with Crippen LogP contribution in [0.5, 0.6) is 0 Å². The summed E-state index contributed by atoms with van der Waals surface area (Å²) in [5, 5.41) is 0. The lowest BCUT2D eigenvalue weighted by atomic mass is 9.81. The van der Waals surface area contributed by atoms with Gasteiger partial charge in [0.25, 0.3) is 0 Å². The molecule has 0 bridgehead atoms. The molecule has 1 aliphatic heterocycles. The maximum atomic E-state index is 14.4. The van der Waals surface area contributed by atoms with Gasteiger partial charge >= 0.3 is 11.9 Å². The van der Waals surface area contributed by atoms with Crippen LogP contribution in [0.2, 0.25) is 0 Å². The van der Waals surface area contributed by atoms with Crippen molar-refractivity contribution >= 4 is 11.9 Å². The fourth-order valence-electron chi connectivity index (χ4n) is 3.64. The van der Waals surface area contributed by atoms with Gasteiger partial charge in [0.05, 0.1) is 30.3 Å². The Balaban J connectivity index is 2.13. The molecule has 2 aromatic rings. The van der Waals surface area contributed by atoms with Crippen molar-refractivity contribution in [3.63, 3.8) is 0 Å². The van der Waals surface area contributed by atoms with E-state index < -0.39 is 23.7 Å². The Morgan fingerprint density at radius 1 is 0.903 bits per heavy atom. The second kappa shape index (κ2) is 10.1. The second-order valence-electron chi connectivity index (χ2n) is 7.15. The minimum absolute atomic E-state index is 0.183. The van der Waals surface area contributed by atoms with Crippen molar-refractivity contribution in [2.45, 2.75) is 33.2 Å². The van der Waals surface area contributed by atoms with Gasteiger partial charge in [-0.1, -0.05) is 42.5 Å². The SMILES string of the molecule is CCOC(=O)C1=CN(Cc2ccccc2)C=C(C(=O)OCC)C1c1cccc(F)c1C. The Morgan fingerprint density at radius 2 is 1.48 bits per heavy atom. The number of halogens is 1. The molecular weight excluding hydrogens is 397 g/mol. The summed E-state index contributed by atoms with van der Waals surface area (Å²) in [5.74, 6) is -2.30. The highest BCUT2D eigenvalue weighted by molar-refractivity contribution is 5.98. The van der Waals surface area contributed by atoms with Crippen LogP contribution in [0, 0.1) is 12.7 Å². The molecule has 0 N–H and O–H groups in total. The molecule has 0 saturated carbocycles. The zero-order valence-corrected chi connectivity index (χ0v) is 17.9. The highest BCUT2D eigenvalue weighted by atomic mass is 19.1.